The fourth-order valence-electron chi connectivity index (χ4n) is 3.62. The first-order valence-corrected chi connectivity index (χ1v) is 11.8. The van der Waals surface area contributed by atoms with Crippen molar-refractivity contribution in [2.24, 2.45) is 0 Å². The molecule has 3 aromatic rings. The number of nitrogens with zero attached hydrogens (tertiary/aromatic N) is 3. The van der Waals surface area contributed by atoms with Gasteiger partial charge in [-0.15, -0.1) is 11.3 Å². The van der Waals surface area contributed by atoms with Crippen LogP contribution in [0.2, 0.25) is 0 Å². The largest absolute Gasteiger partial charge is 0.492 e. The Bertz CT molecular complexity index is 1080. The summed E-state index contributed by atoms with van der Waals surface area (Å²) < 4.78 is 11.3. The Kier molecular flexibility index (Phi) is 8.21. The van der Waals surface area contributed by atoms with Gasteiger partial charge in [-0.25, -0.2) is 10.5 Å². The number of nitrogens with one attached hydrogen (secondary N) is 1. The number of carbonyl (C=O) groups is 2. The number of hydrogen-bond donors (Lipinski definition) is 2. The summed E-state index contributed by atoms with van der Waals surface area (Å²) in [5.41, 5.74) is 5.12. The van der Waals surface area contributed by atoms with Crippen LogP contribution in [-0.2, 0) is 11.3 Å². The highest BCUT2D eigenvalue weighted by molar-refractivity contribution is 7.14. The Morgan fingerprint density at radius 1 is 1.09 bits per heavy atom. The monoisotopic (exact) mass is 482 g/mol. The Hall–Kier alpha value is -3.31. The van der Waals surface area contributed by atoms with Crippen molar-refractivity contribution in [2.45, 2.75) is 6.54 Å². The van der Waals surface area contributed by atoms with Crippen molar-refractivity contribution in [2.75, 3.05) is 44.4 Å². The average molecular weight is 483 g/mol. The quantitative estimate of drug-likeness (QED) is 0.357. The SMILES string of the molecule is O=C(NO)c1ccc(OCCN(C(=O)c2ccccc2)c2scnc2CN2CCOCC2)cc1. The molecule has 178 valence electrons. The lowest BCUT2D eigenvalue weighted by Gasteiger charge is -2.28. The van der Waals surface area contributed by atoms with Crippen LogP contribution in [0.15, 0.2) is 60.1 Å². The lowest BCUT2D eigenvalue weighted by Crippen LogP contribution is -2.38. The van der Waals surface area contributed by atoms with E-state index in [1.165, 1.54) is 11.3 Å². The van der Waals surface area contributed by atoms with Gasteiger partial charge in [-0.1, -0.05) is 18.2 Å². The van der Waals surface area contributed by atoms with E-state index in [2.05, 4.69) is 9.88 Å². The van der Waals surface area contributed by atoms with Gasteiger partial charge >= 0.3 is 0 Å². The standard InChI is InChI=1S/C24H26N4O5S/c29-22(26-31)18-6-8-20(9-7-18)33-15-12-28(23(30)19-4-2-1-3-5-19)24-21(25-17-34-24)16-27-10-13-32-14-11-27/h1-9,17,31H,10-16H2,(H,26,29). The molecule has 1 fully saturated rings. The fourth-order valence-corrected chi connectivity index (χ4v) is 4.45. The minimum Gasteiger partial charge on any atom is -0.492 e. The third-order valence-electron chi connectivity index (χ3n) is 5.41. The van der Waals surface area contributed by atoms with E-state index in [0.717, 1.165) is 23.8 Å². The van der Waals surface area contributed by atoms with Crippen LogP contribution in [0.25, 0.3) is 0 Å². The van der Waals surface area contributed by atoms with Gasteiger partial charge in [0.1, 0.15) is 17.4 Å². The van der Waals surface area contributed by atoms with Gasteiger partial charge in [0.2, 0.25) is 0 Å². The summed E-state index contributed by atoms with van der Waals surface area (Å²) in [6, 6.07) is 15.5. The van der Waals surface area contributed by atoms with Crippen LogP contribution in [0, 0.1) is 0 Å². The van der Waals surface area contributed by atoms with E-state index < -0.39 is 5.91 Å². The van der Waals surface area contributed by atoms with Crippen LogP contribution in [-0.4, -0.2) is 66.4 Å². The van der Waals surface area contributed by atoms with E-state index in [9.17, 15) is 9.59 Å². The van der Waals surface area contributed by atoms with Gasteiger partial charge in [-0.2, -0.15) is 0 Å². The van der Waals surface area contributed by atoms with Gasteiger partial charge in [0.15, 0.2) is 0 Å². The molecule has 0 spiro atoms. The van der Waals surface area contributed by atoms with E-state index in [-0.39, 0.29) is 12.5 Å². The molecule has 2 heterocycles. The molecule has 0 saturated carbocycles. The zero-order chi connectivity index (χ0) is 23.8. The summed E-state index contributed by atoms with van der Waals surface area (Å²) in [5.74, 6) is -0.157. The zero-order valence-corrected chi connectivity index (χ0v) is 19.4. The predicted octanol–water partition coefficient (Wildman–Crippen LogP) is 2.82. The highest BCUT2D eigenvalue weighted by Gasteiger charge is 2.24. The summed E-state index contributed by atoms with van der Waals surface area (Å²) in [6.45, 7) is 4.27. The van der Waals surface area contributed by atoms with Gasteiger partial charge < -0.3 is 9.47 Å². The van der Waals surface area contributed by atoms with E-state index >= 15 is 0 Å². The molecule has 0 radical (unpaired) electrons. The van der Waals surface area contributed by atoms with Crippen molar-refractivity contribution < 1.29 is 24.3 Å². The molecule has 0 unspecified atom stereocenters. The molecule has 0 atom stereocenters. The predicted molar refractivity (Wildman–Crippen MR) is 128 cm³/mol. The van der Waals surface area contributed by atoms with Crippen molar-refractivity contribution in [1.82, 2.24) is 15.4 Å². The third kappa shape index (κ3) is 5.97. The second kappa shape index (κ2) is 11.7. The van der Waals surface area contributed by atoms with Gasteiger partial charge in [0, 0.05) is 30.8 Å². The second-order valence-electron chi connectivity index (χ2n) is 7.63. The number of thiazole rings is 1. The molecular formula is C24H26N4O5S. The van der Waals surface area contributed by atoms with Gasteiger partial charge in [0.05, 0.1) is 31.0 Å². The van der Waals surface area contributed by atoms with E-state index in [1.54, 1.807) is 52.3 Å². The van der Waals surface area contributed by atoms with Crippen LogP contribution in [0.3, 0.4) is 0 Å². The fraction of sp³-hybridized carbons (Fsp3) is 0.292. The Morgan fingerprint density at radius 3 is 2.53 bits per heavy atom. The maximum Gasteiger partial charge on any atom is 0.274 e. The number of rotatable bonds is 9. The van der Waals surface area contributed by atoms with E-state index in [4.69, 9.17) is 14.7 Å². The van der Waals surface area contributed by atoms with E-state index in [1.807, 2.05) is 18.2 Å². The first-order valence-electron chi connectivity index (χ1n) is 10.9. The van der Waals surface area contributed by atoms with Gasteiger partial charge in [-0.3, -0.25) is 24.6 Å². The Labute approximate surface area is 201 Å². The number of amides is 2. The highest BCUT2D eigenvalue weighted by Crippen LogP contribution is 2.28. The van der Waals surface area contributed by atoms with Crippen molar-refractivity contribution in [3.63, 3.8) is 0 Å². The molecule has 0 bridgehead atoms. The normalized spacial score (nSPS) is 13.9. The second-order valence-corrected chi connectivity index (χ2v) is 8.46. The minimum absolute atomic E-state index is 0.119. The van der Waals surface area contributed by atoms with Crippen LogP contribution in [0.4, 0.5) is 5.00 Å². The number of morpholine rings is 1. The number of hydrogen-bond acceptors (Lipinski definition) is 8. The number of benzene rings is 2. The average Bonchev–Trinajstić information content (AvgIpc) is 3.35. The van der Waals surface area contributed by atoms with Crippen molar-refractivity contribution in [1.29, 1.82) is 0 Å². The molecule has 9 nitrogen and oxygen atoms in total. The zero-order valence-electron chi connectivity index (χ0n) is 18.6. The highest BCUT2D eigenvalue weighted by atomic mass is 32.1. The number of ether oxygens (including phenoxy) is 2. The number of aromatic nitrogens is 1. The van der Waals surface area contributed by atoms with Crippen molar-refractivity contribution in [3.05, 3.63) is 76.9 Å². The summed E-state index contributed by atoms with van der Waals surface area (Å²) in [6.07, 6.45) is 0. The lowest BCUT2D eigenvalue weighted by molar-refractivity contribution is 0.0337. The molecule has 1 aliphatic heterocycles. The number of carbonyl (C=O) groups excluding carboxylic acids is 2. The van der Waals surface area contributed by atoms with Crippen molar-refractivity contribution >= 4 is 28.2 Å². The number of anilines is 1. The van der Waals surface area contributed by atoms with Gasteiger partial charge in [-0.05, 0) is 36.4 Å². The molecule has 10 heteroatoms. The molecule has 1 aromatic heterocycles. The molecule has 2 N–H and O–H groups in total. The summed E-state index contributed by atoms with van der Waals surface area (Å²) >= 11 is 1.44. The topological polar surface area (TPSA) is 104 Å². The molecule has 1 saturated heterocycles. The van der Waals surface area contributed by atoms with Crippen LogP contribution < -0.4 is 15.1 Å². The number of hydroxylamine groups is 1. The van der Waals surface area contributed by atoms with Crippen LogP contribution in [0.1, 0.15) is 26.4 Å². The molecule has 1 aliphatic rings. The van der Waals surface area contributed by atoms with Crippen molar-refractivity contribution in [3.8, 4) is 5.75 Å². The molecule has 2 aromatic carbocycles. The maximum atomic E-state index is 13.4. The molecule has 0 aliphatic carbocycles. The molecule has 4 rings (SSSR count). The Balaban J connectivity index is 1.48. The summed E-state index contributed by atoms with van der Waals surface area (Å²) in [7, 11) is 0. The summed E-state index contributed by atoms with van der Waals surface area (Å²) in [5, 5.41) is 9.55. The smallest absolute Gasteiger partial charge is 0.274 e. The molecule has 2 amide bonds. The molecule has 34 heavy (non-hydrogen) atoms. The first-order chi connectivity index (χ1) is 16.7. The lowest BCUT2D eigenvalue weighted by atomic mass is 10.2. The van der Waals surface area contributed by atoms with Crippen LogP contribution >= 0.6 is 11.3 Å². The maximum absolute atomic E-state index is 13.4. The van der Waals surface area contributed by atoms with Gasteiger partial charge in [0.25, 0.3) is 11.8 Å². The first kappa shape index (κ1) is 23.8. The van der Waals surface area contributed by atoms with E-state index in [0.29, 0.717) is 43.2 Å². The Morgan fingerprint density at radius 2 is 1.82 bits per heavy atom. The summed E-state index contributed by atoms with van der Waals surface area (Å²) in [4.78, 5) is 33.5. The minimum atomic E-state index is -0.593. The third-order valence-corrected chi connectivity index (χ3v) is 6.30. The molecular weight excluding hydrogens is 456 g/mol. The van der Waals surface area contributed by atoms with Crippen LogP contribution in [0.5, 0.6) is 5.75 Å².